The van der Waals surface area contributed by atoms with E-state index in [1.165, 1.54) is 11.1 Å². The van der Waals surface area contributed by atoms with Crippen molar-refractivity contribution in [3.05, 3.63) is 20.1 Å². The molecule has 34 heavy (non-hydrogen) atoms. The third-order valence-corrected chi connectivity index (χ3v) is 4.39. The van der Waals surface area contributed by atoms with Crippen molar-refractivity contribution in [1.82, 2.24) is 0 Å². The van der Waals surface area contributed by atoms with Gasteiger partial charge in [0.05, 0.1) is 0 Å². The summed E-state index contributed by atoms with van der Waals surface area (Å²) in [6.07, 6.45) is -2.82. The Balaban J connectivity index is -0.000000105. The second kappa shape index (κ2) is 30.7. The molecule has 14 heteroatoms. The number of allylic oxidation sites excluding steroid dienone is 2. The fraction of sp³-hybridized carbons (Fsp3) is 0.500. The van der Waals surface area contributed by atoms with E-state index >= 15 is 0 Å². The van der Waals surface area contributed by atoms with Crippen LogP contribution in [0.1, 0.15) is 66.2 Å². The molecule has 0 radical (unpaired) electrons. The standard InChI is InChI=1S/3C4H6O4.2C4H7.2Mo/c3*5-3(6)1-2-4(7)8;2*1-4(2)3;;/h3*1-2H2,(H,5,6)(H,7,8);2*1H,2-3H3;;/q;;;;;2*+3/p-6. The predicted molar refractivity (Wildman–Crippen MR) is 96.6 cm³/mol. The largest absolute Gasteiger partial charge is 0.550 e. The number of hydrogen-bond donors (Lipinski definition) is 0. The molecule has 0 amide bonds. The first kappa shape index (κ1) is 41.9. The van der Waals surface area contributed by atoms with Crippen molar-refractivity contribution in [2.75, 3.05) is 0 Å². The minimum atomic E-state index is -1.37. The number of carbonyl (C=O) groups is 6. The molecule has 0 N–H and O–H groups in total. The number of aliphatic carboxylic acids is 6. The van der Waals surface area contributed by atoms with Crippen LogP contribution in [-0.2, 0) is 68.4 Å². The van der Waals surface area contributed by atoms with Gasteiger partial charge in [0.25, 0.3) is 0 Å². The second-order valence-corrected chi connectivity index (χ2v) is 7.28. The predicted octanol–water partition coefficient (Wildman–Crippen LogP) is -5.29. The maximum absolute atomic E-state index is 9.50. The summed E-state index contributed by atoms with van der Waals surface area (Å²) >= 11 is 3.96. The first-order valence-electron chi connectivity index (χ1n) is 9.12. The fourth-order valence-corrected chi connectivity index (χ4v) is 0.612. The Morgan fingerprint density at radius 3 is 0.559 bits per heavy atom. The summed E-state index contributed by atoms with van der Waals surface area (Å²) in [6.45, 7) is 8.34. The smallest absolute Gasteiger partial charge is 0.0418 e. The molecule has 0 bridgehead atoms. The van der Waals surface area contributed by atoms with Crippen LogP contribution in [-0.4, -0.2) is 35.8 Å². The van der Waals surface area contributed by atoms with Crippen molar-refractivity contribution in [1.29, 1.82) is 0 Å². The van der Waals surface area contributed by atoms with Crippen molar-refractivity contribution < 1.29 is 99.0 Å². The quantitative estimate of drug-likeness (QED) is 0.213. The van der Waals surface area contributed by atoms with Crippen LogP contribution in [0.25, 0.3) is 0 Å². The zero-order valence-electron chi connectivity index (χ0n) is 19.1. The summed E-state index contributed by atoms with van der Waals surface area (Å²) in [5, 5.41) is 57.0. The molecule has 0 unspecified atom stereocenters. The van der Waals surface area contributed by atoms with Crippen LogP contribution >= 0.6 is 0 Å². The summed E-state index contributed by atoms with van der Waals surface area (Å²) in [4.78, 5) is 57.0. The molecule has 0 aromatic rings. The van der Waals surface area contributed by atoms with Gasteiger partial charge in [0.1, 0.15) is 0 Å². The molecule has 0 saturated heterocycles. The average molecular weight is 650 g/mol. The minimum absolute atomic E-state index is 0.470. The molecule has 0 aliphatic heterocycles. The van der Waals surface area contributed by atoms with Crippen molar-refractivity contribution in [3.8, 4) is 0 Å². The molecule has 0 fully saturated rings. The molecule has 0 saturated carbocycles. The van der Waals surface area contributed by atoms with Crippen LogP contribution in [0.3, 0.4) is 0 Å². The molecule has 0 heterocycles. The monoisotopic (exact) mass is 654 g/mol. The van der Waals surface area contributed by atoms with Gasteiger partial charge in [-0.15, -0.1) is 0 Å². The molecule has 0 aromatic carbocycles. The van der Waals surface area contributed by atoms with Gasteiger partial charge in [-0.3, -0.25) is 0 Å². The van der Waals surface area contributed by atoms with E-state index in [2.05, 4.69) is 36.6 Å². The zero-order valence-corrected chi connectivity index (χ0v) is 23.1. The number of hydrogen-bond acceptors (Lipinski definition) is 12. The Bertz CT molecular complexity index is 552. The Labute approximate surface area is 220 Å². The van der Waals surface area contributed by atoms with Crippen molar-refractivity contribution in [2.24, 2.45) is 0 Å². The third kappa shape index (κ3) is 87.8. The van der Waals surface area contributed by atoms with E-state index in [4.69, 9.17) is 0 Å². The van der Waals surface area contributed by atoms with Gasteiger partial charge in [0.15, 0.2) is 0 Å². The van der Waals surface area contributed by atoms with E-state index in [9.17, 15) is 59.4 Å². The normalized spacial score (nSPS) is 7.94. The van der Waals surface area contributed by atoms with Crippen LogP contribution in [0.15, 0.2) is 20.1 Å². The Morgan fingerprint density at radius 1 is 0.441 bits per heavy atom. The maximum atomic E-state index is 9.50. The molecule has 0 spiro atoms. The van der Waals surface area contributed by atoms with Gasteiger partial charge in [-0.1, -0.05) is 0 Å². The average Bonchev–Trinajstić information content (AvgIpc) is 2.71. The Morgan fingerprint density at radius 2 is 0.529 bits per heavy atom. The van der Waals surface area contributed by atoms with Gasteiger partial charge >= 0.3 is 87.4 Å². The zero-order chi connectivity index (χ0) is 28.3. The molecular formula is C20H26Mo2O12. The van der Waals surface area contributed by atoms with E-state index < -0.39 is 74.3 Å². The number of carboxylic acids is 6. The fourth-order valence-electron chi connectivity index (χ4n) is 0.612. The van der Waals surface area contributed by atoms with Gasteiger partial charge in [0, 0.05) is 35.8 Å². The van der Waals surface area contributed by atoms with Crippen LogP contribution in [0.4, 0.5) is 0 Å². The number of rotatable bonds is 9. The Kier molecular flexibility index (Phi) is 37.8. The molecule has 12 nitrogen and oxygen atoms in total. The van der Waals surface area contributed by atoms with Gasteiger partial charge in [-0.05, 0) is 38.5 Å². The van der Waals surface area contributed by atoms with Crippen molar-refractivity contribution in [2.45, 2.75) is 66.2 Å². The molecule has 190 valence electrons. The number of carbonyl (C=O) groups excluding carboxylic acids is 6. The summed E-state index contributed by atoms with van der Waals surface area (Å²) < 4.78 is 4.19. The van der Waals surface area contributed by atoms with Gasteiger partial charge in [0.2, 0.25) is 0 Å². The summed E-state index contributed by atoms with van der Waals surface area (Å²) in [7, 11) is 0. The molecular weight excluding hydrogens is 624 g/mol. The van der Waals surface area contributed by atoms with E-state index in [1.807, 2.05) is 39.6 Å². The minimum Gasteiger partial charge on any atom is -0.550 e. The van der Waals surface area contributed by atoms with Gasteiger partial charge in [-0.25, -0.2) is 0 Å². The first-order chi connectivity index (χ1) is 15.4. The molecule has 0 aliphatic carbocycles. The topological polar surface area (TPSA) is 241 Å². The Hall–Kier alpha value is -2.32. The van der Waals surface area contributed by atoms with E-state index in [0.29, 0.717) is 0 Å². The molecule has 0 rings (SSSR count). The van der Waals surface area contributed by atoms with Crippen molar-refractivity contribution in [3.63, 3.8) is 0 Å². The maximum Gasteiger partial charge on any atom is 0.0418 e. The summed E-state index contributed by atoms with van der Waals surface area (Å²) in [6, 6.07) is 0. The van der Waals surface area contributed by atoms with Crippen molar-refractivity contribution >= 4 is 35.8 Å². The van der Waals surface area contributed by atoms with Gasteiger partial charge in [-0.2, -0.15) is 0 Å². The van der Waals surface area contributed by atoms with E-state index in [0.717, 1.165) is 0 Å². The third-order valence-electron chi connectivity index (χ3n) is 2.07. The second-order valence-electron chi connectivity index (χ2n) is 6.12. The molecule has 0 atom stereocenters. The van der Waals surface area contributed by atoms with Crippen LogP contribution in [0, 0.1) is 0 Å². The van der Waals surface area contributed by atoms with E-state index in [-0.39, 0.29) is 0 Å². The summed E-state index contributed by atoms with van der Waals surface area (Å²) in [5.41, 5.74) is 2.77. The number of carboxylic acid groups (broad SMARTS) is 6. The van der Waals surface area contributed by atoms with E-state index in [1.54, 1.807) is 0 Å². The van der Waals surface area contributed by atoms with Crippen LogP contribution in [0.2, 0.25) is 0 Å². The van der Waals surface area contributed by atoms with Gasteiger partial charge < -0.3 is 59.4 Å². The molecule has 0 aromatic heterocycles. The molecule has 0 aliphatic rings. The van der Waals surface area contributed by atoms with Crippen LogP contribution in [0.5, 0.6) is 0 Å². The van der Waals surface area contributed by atoms with Crippen LogP contribution < -0.4 is 30.6 Å². The summed E-state index contributed by atoms with van der Waals surface area (Å²) in [5.74, 6) is -8.20. The SMILES string of the molecule is CC(C)=[CH][Mo+3].CC(C)=[CH][Mo+3].O=C([O-])CCC(=O)[O-].O=C([O-])CCC(=O)[O-].O=C([O-])CCC(=O)[O-]. The first-order valence-corrected chi connectivity index (χ1v) is 11.4.